The largest absolute Gasteiger partial charge is 0.396 e. The molecule has 2 N–H and O–H groups in total. The molecule has 2 heteroatoms. The van der Waals surface area contributed by atoms with Crippen LogP contribution >= 0.6 is 0 Å². The summed E-state index contributed by atoms with van der Waals surface area (Å²) in [5, 5.41) is 20.4. The van der Waals surface area contributed by atoms with E-state index in [0.717, 1.165) is 12.8 Å². The topological polar surface area (TPSA) is 40.5 Å². The minimum atomic E-state index is -0.216. The maximum absolute atomic E-state index is 10.6. The van der Waals surface area contributed by atoms with Crippen molar-refractivity contribution in [3.63, 3.8) is 0 Å². The molecule has 4 rings (SSSR count). The molecule has 3 fully saturated rings. The number of allylic oxidation sites excluding steroid dienone is 3. The zero-order valence-electron chi connectivity index (χ0n) is 17.4. The number of hydrogen-bond acceptors (Lipinski definition) is 2. The highest BCUT2D eigenvalue weighted by Crippen LogP contribution is 2.67. The van der Waals surface area contributed by atoms with Crippen LogP contribution in [0.4, 0.5) is 0 Å². The van der Waals surface area contributed by atoms with E-state index in [0.29, 0.717) is 35.7 Å². The summed E-state index contributed by atoms with van der Waals surface area (Å²) < 4.78 is 0. The normalized spacial score (nSPS) is 48.0. The molecule has 0 aromatic heterocycles. The molecule has 0 bridgehead atoms. The van der Waals surface area contributed by atoms with Gasteiger partial charge in [0.2, 0.25) is 0 Å². The highest BCUT2D eigenvalue weighted by Gasteiger charge is 2.59. The van der Waals surface area contributed by atoms with Gasteiger partial charge in [-0.1, -0.05) is 57.9 Å². The van der Waals surface area contributed by atoms with Crippen molar-refractivity contribution in [2.45, 2.75) is 79.2 Å². The summed E-state index contributed by atoms with van der Waals surface area (Å²) >= 11 is 0. The van der Waals surface area contributed by atoms with Gasteiger partial charge >= 0.3 is 0 Å². The number of hydrogen-bond donors (Lipinski definition) is 2. The molecule has 0 saturated heterocycles. The van der Waals surface area contributed by atoms with Gasteiger partial charge in [-0.2, -0.15) is 0 Å². The Morgan fingerprint density at radius 1 is 1.00 bits per heavy atom. The Labute approximate surface area is 159 Å². The van der Waals surface area contributed by atoms with E-state index in [9.17, 15) is 10.2 Å². The lowest BCUT2D eigenvalue weighted by atomic mass is 9.47. The fourth-order valence-corrected chi connectivity index (χ4v) is 7.81. The van der Waals surface area contributed by atoms with Crippen LogP contribution in [0.5, 0.6) is 0 Å². The lowest BCUT2D eigenvalue weighted by Crippen LogP contribution is -2.51. The van der Waals surface area contributed by atoms with Crippen molar-refractivity contribution in [2.75, 3.05) is 6.61 Å². The van der Waals surface area contributed by atoms with Gasteiger partial charge in [-0.3, -0.25) is 0 Å². The Balaban J connectivity index is 1.73. The summed E-state index contributed by atoms with van der Waals surface area (Å²) in [6.45, 7) is 12.0. The third kappa shape index (κ3) is 2.30. The smallest absolute Gasteiger partial charge is 0.0628 e. The first kappa shape index (κ1) is 18.7. The van der Waals surface area contributed by atoms with Gasteiger partial charge in [0, 0.05) is 12.0 Å². The average molecular weight is 359 g/mol. The molecule has 4 aliphatic rings. The summed E-state index contributed by atoms with van der Waals surface area (Å²) in [6.07, 6.45) is 11.8. The lowest BCUT2D eigenvalue weighted by molar-refractivity contribution is -0.0186. The third-order valence-corrected chi connectivity index (χ3v) is 9.45. The number of fused-ring (bicyclic) bond motifs is 5. The molecule has 0 aromatic carbocycles. The molecule has 0 unspecified atom stereocenters. The van der Waals surface area contributed by atoms with Crippen LogP contribution in [-0.4, -0.2) is 22.9 Å². The first-order chi connectivity index (χ1) is 12.2. The van der Waals surface area contributed by atoms with Gasteiger partial charge in [0.15, 0.2) is 0 Å². The molecule has 0 aliphatic heterocycles. The second-order valence-electron chi connectivity index (χ2n) is 10.9. The number of aliphatic hydroxyl groups is 2. The second-order valence-corrected chi connectivity index (χ2v) is 10.9. The Morgan fingerprint density at radius 3 is 2.42 bits per heavy atom. The molecule has 0 amide bonds. The van der Waals surface area contributed by atoms with Gasteiger partial charge in [0.05, 0.1) is 6.10 Å². The maximum Gasteiger partial charge on any atom is 0.0628 e. The van der Waals surface area contributed by atoms with Crippen molar-refractivity contribution in [2.24, 2.45) is 39.9 Å². The first-order valence-corrected chi connectivity index (χ1v) is 10.9. The van der Waals surface area contributed by atoms with E-state index >= 15 is 0 Å². The van der Waals surface area contributed by atoms with Crippen LogP contribution in [0.1, 0.15) is 73.1 Å². The van der Waals surface area contributed by atoms with Gasteiger partial charge in [-0.15, -0.1) is 0 Å². The summed E-state index contributed by atoms with van der Waals surface area (Å²) in [6, 6.07) is 0. The van der Waals surface area contributed by atoms with Gasteiger partial charge in [0.1, 0.15) is 0 Å². The zero-order chi connectivity index (χ0) is 18.9. The Morgan fingerprint density at radius 2 is 1.73 bits per heavy atom. The van der Waals surface area contributed by atoms with E-state index in [1.165, 1.54) is 31.3 Å². The molecule has 7 atom stereocenters. The minimum Gasteiger partial charge on any atom is -0.396 e. The van der Waals surface area contributed by atoms with Crippen LogP contribution in [0.25, 0.3) is 0 Å². The molecule has 0 aromatic rings. The third-order valence-electron chi connectivity index (χ3n) is 9.45. The van der Waals surface area contributed by atoms with E-state index in [-0.39, 0.29) is 16.9 Å². The van der Waals surface area contributed by atoms with E-state index in [1.54, 1.807) is 5.57 Å². The summed E-state index contributed by atoms with van der Waals surface area (Å²) in [5.74, 6) is 2.40. The van der Waals surface area contributed by atoms with Crippen LogP contribution in [0.15, 0.2) is 23.3 Å². The molecule has 4 aliphatic carbocycles. The van der Waals surface area contributed by atoms with E-state index < -0.39 is 0 Å². The first-order valence-electron chi connectivity index (χ1n) is 10.9. The van der Waals surface area contributed by atoms with Crippen LogP contribution in [0.3, 0.4) is 0 Å². The van der Waals surface area contributed by atoms with E-state index in [1.807, 2.05) is 0 Å². The van der Waals surface area contributed by atoms with Crippen LogP contribution in [0.2, 0.25) is 0 Å². The van der Waals surface area contributed by atoms with Crippen molar-refractivity contribution in [3.8, 4) is 0 Å². The second kappa shape index (κ2) is 5.95. The summed E-state index contributed by atoms with van der Waals surface area (Å²) in [7, 11) is 0. The van der Waals surface area contributed by atoms with Crippen molar-refractivity contribution in [3.05, 3.63) is 23.3 Å². The Kier molecular flexibility index (Phi) is 4.29. The molecule has 0 radical (unpaired) electrons. The van der Waals surface area contributed by atoms with Crippen LogP contribution in [-0.2, 0) is 0 Å². The van der Waals surface area contributed by atoms with E-state index in [2.05, 4.69) is 46.8 Å². The fraction of sp³-hybridized carbons (Fsp3) is 0.833. The minimum absolute atomic E-state index is 0.112. The summed E-state index contributed by atoms with van der Waals surface area (Å²) in [5.41, 5.74) is 3.65. The number of aliphatic hydroxyl groups excluding tert-OH is 2. The molecule has 146 valence electrons. The van der Waals surface area contributed by atoms with E-state index in [4.69, 9.17) is 0 Å². The monoisotopic (exact) mass is 358 g/mol. The van der Waals surface area contributed by atoms with Crippen LogP contribution in [0, 0.1) is 39.9 Å². The van der Waals surface area contributed by atoms with Crippen molar-refractivity contribution in [1.82, 2.24) is 0 Å². The molecule has 26 heavy (non-hydrogen) atoms. The zero-order valence-corrected chi connectivity index (χ0v) is 17.4. The van der Waals surface area contributed by atoms with Gasteiger partial charge in [0.25, 0.3) is 0 Å². The van der Waals surface area contributed by atoms with Gasteiger partial charge in [-0.05, 0) is 73.0 Å². The SMILES string of the molecule is C[C@H](CO)[C@H]1CC[C@H]2C3=CC=C4C(C)(C)[C@@H](O)CC[C@]4(C)[C@H]3CC[C@]12C. The molecule has 2 nitrogen and oxygen atoms in total. The quantitative estimate of drug-likeness (QED) is 0.720. The highest BCUT2D eigenvalue weighted by molar-refractivity contribution is 5.41. The van der Waals surface area contributed by atoms with Crippen LogP contribution < -0.4 is 0 Å². The predicted molar refractivity (Wildman–Crippen MR) is 107 cm³/mol. The maximum atomic E-state index is 10.6. The lowest BCUT2D eigenvalue weighted by Gasteiger charge is -2.58. The summed E-state index contributed by atoms with van der Waals surface area (Å²) in [4.78, 5) is 0. The average Bonchev–Trinajstić information content (AvgIpc) is 2.95. The van der Waals surface area contributed by atoms with Crippen molar-refractivity contribution in [1.29, 1.82) is 0 Å². The molecule has 0 spiro atoms. The molecule has 3 saturated carbocycles. The highest BCUT2D eigenvalue weighted by atomic mass is 16.3. The molecule has 0 heterocycles. The Bertz CT molecular complexity index is 645. The molecular formula is C24H38O2. The predicted octanol–water partition coefficient (Wildman–Crippen LogP) is 5.11. The standard InChI is InChI=1S/C24H38O2/c1-15(14-25)17-7-8-18-16-6-9-20-22(2,3)21(26)11-13-24(20,5)19(16)10-12-23(17,18)4/h6,9,15,17-19,21,25-26H,7-8,10-14H2,1-5H3/t15-,17-,18+,19+,21+,23-,24-/m1/s1. The van der Waals surface area contributed by atoms with Gasteiger partial charge < -0.3 is 10.2 Å². The number of rotatable bonds is 2. The van der Waals surface area contributed by atoms with Crippen molar-refractivity contribution >= 4 is 0 Å². The fourth-order valence-electron chi connectivity index (χ4n) is 7.81. The molecular weight excluding hydrogens is 320 g/mol. The van der Waals surface area contributed by atoms with Crippen molar-refractivity contribution < 1.29 is 10.2 Å². The van der Waals surface area contributed by atoms with Gasteiger partial charge in [-0.25, -0.2) is 0 Å². The Hall–Kier alpha value is -0.600.